The van der Waals surface area contributed by atoms with Crippen LogP contribution in [0.4, 0.5) is 0 Å². The molecular formula is C13H22N2. The predicted octanol–water partition coefficient (Wildman–Crippen LogP) is 3.05. The lowest BCUT2D eigenvalue weighted by Gasteiger charge is -2.20. The minimum absolute atomic E-state index is 0.564. The minimum atomic E-state index is 0.564. The highest BCUT2D eigenvalue weighted by atomic mass is 15.1. The maximum atomic E-state index is 4.48. The zero-order valence-corrected chi connectivity index (χ0v) is 10.5. The molecule has 0 saturated heterocycles. The Hall–Kier alpha value is -0.890. The van der Waals surface area contributed by atoms with Crippen molar-refractivity contribution in [2.45, 2.75) is 46.2 Å². The number of hydrogen-bond acceptors (Lipinski definition) is 2. The van der Waals surface area contributed by atoms with Crippen LogP contribution in [0.2, 0.25) is 0 Å². The zero-order valence-electron chi connectivity index (χ0n) is 10.5. The van der Waals surface area contributed by atoms with Crippen LogP contribution in [-0.2, 0) is 6.54 Å². The Kier molecular flexibility index (Phi) is 4.28. The summed E-state index contributed by atoms with van der Waals surface area (Å²) in [5.41, 5.74) is 2.46. The Bertz CT molecular complexity index is 288. The van der Waals surface area contributed by atoms with Crippen LogP contribution in [0.3, 0.4) is 0 Å². The molecule has 2 nitrogen and oxygen atoms in total. The molecule has 1 aromatic heterocycles. The second kappa shape index (κ2) is 5.26. The maximum absolute atomic E-state index is 4.48. The molecule has 2 heteroatoms. The van der Waals surface area contributed by atoms with Gasteiger partial charge in [-0.15, -0.1) is 0 Å². The van der Waals surface area contributed by atoms with Crippen LogP contribution in [0.1, 0.15) is 44.9 Å². The van der Waals surface area contributed by atoms with Gasteiger partial charge in [-0.05, 0) is 38.4 Å². The fraction of sp³-hybridized carbons (Fsp3) is 0.615. The monoisotopic (exact) mass is 206 g/mol. The van der Waals surface area contributed by atoms with Gasteiger partial charge in [-0.2, -0.15) is 0 Å². The maximum Gasteiger partial charge on any atom is 0.0544 e. The molecule has 0 aromatic carbocycles. The highest BCUT2D eigenvalue weighted by Crippen LogP contribution is 2.13. The second-order valence-electron chi connectivity index (χ2n) is 4.75. The van der Waals surface area contributed by atoms with E-state index in [2.05, 4.69) is 56.8 Å². The van der Waals surface area contributed by atoms with Crippen LogP contribution in [0, 0.1) is 0 Å². The van der Waals surface area contributed by atoms with Gasteiger partial charge in [-0.25, -0.2) is 0 Å². The van der Waals surface area contributed by atoms with Crippen molar-refractivity contribution in [3.05, 3.63) is 29.6 Å². The molecule has 0 N–H and O–H groups in total. The summed E-state index contributed by atoms with van der Waals surface area (Å²) in [7, 11) is 2.13. The summed E-state index contributed by atoms with van der Waals surface area (Å²) in [5, 5.41) is 0. The molecule has 0 radical (unpaired) electrons. The van der Waals surface area contributed by atoms with Crippen molar-refractivity contribution in [2.24, 2.45) is 0 Å². The van der Waals surface area contributed by atoms with Gasteiger partial charge in [0.15, 0.2) is 0 Å². The van der Waals surface area contributed by atoms with Crippen molar-refractivity contribution in [1.29, 1.82) is 0 Å². The molecule has 84 valence electrons. The molecule has 0 fully saturated rings. The lowest BCUT2D eigenvalue weighted by molar-refractivity contribution is 0.262. The SMILES string of the molecule is CC(C)c1ccc(CN(C)C(C)C)nc1. The fourth-order valence-corrected chi connectivity index (χ4v) is 1.31. The van der Waals surface area contributed by atoms with Crippen molar-refractivity contribution in [2.75, 3.05) is 7.05 Å². The van der Waals surface area contributed by atoms with Gasteiger partial charge in [-0.3, -0.25) is 9.88 Å². The van der Waals surface area contributed by atoms with E-state index < -0.39 is 0 Å². The molecule has 0 aliphatic carbocycles. The normalized spacial score (nSPS) is 11.7. The van der Waals surface area contributed by atoms with Crippen LogP contribution in [0.15, 0.2) is 18.3 Å². The molecule has 0 unspecified atom stereocenters. The Morgan fingerprint density at radius 2 is 1.87 bits per heavy atom. The Morgan fingerprint density at radius 3 is 2.27 bits per heavy atom. The summed E-state index contributed by atoms with van der Waals surface area (Å²) in [5.74, 6) is 0.564. The van der Waals surface area contributed by atoms with Crippen molar-refractivity contribution in [1.82, 2.24) is 9.88 Å². The Labute approximate surface area is 93.3 Å². The van der Waals surface area contributed by atoms with Crippen LogP contribution in [0.5, 0.6) is 0 Å². The van der Waals surface area contributed by atoms with E-state index >= 15 is 0 Å². The zero-order chi connectivity index (χ0) is 11.4. The van der Waals surface area contributed by atoms with Crippen LogP contribution in [0.25, 0.3) is 0 Å². The van der Waals surface area contributed by atoms with E-state index in [1.54, 1.807) is 0 Å². The van der Waals surface area contributed by atoms with Gasteiger partial charge in [0.05, 0.1) is 5.69 Å². The first-order valence-corrected chi connectivity index (χ1v) is 5.65. The smallest absolute Gasteiger partial charge is 0.0544 e. The van der Waals surface area contributed by atoms with Gasteiger partial charge in [0, 0.05) is 18.8 Å². The standard InChI is InChI=1S/C13H22N2/c1-10(2)12-6-7-13(14-8-12)9-15(5)11(3)4/h6-8,10-11H,9H2,1-5H3. The lowest BCUT2D eigenvalue weighted by Crippen LogP contribution is -2.26. The highest BCUT2D eigenvalue weighted by molar-refractivity contribution is 5.17. The van der Waals surface area contributed by atoms with E-state index in [1.165, 1.54) is 5.56 Å². The van der Waals surface area contributed by atoms with E-state index in [0.29, 0.717) is 12.0 Å². The van der Waals surface area contributed by atoms with E-state index in [4.69, 9.17) is 0 Å². The molecule has 1 aromatic rings. The predicted molar refractivity (Wildman–Crippen MR) is 64.9 cm³/mol. The number of rotatable bonds is 4. The molecule has 0 amide bonds. The van der Waals surface area contributed by atoms with Crippen LogP contribution >= 0.6 is 0 Å². The number of nitrogens with zero attached hydrogens (tertiary/aromatic N) is 2. The molecular weight excluding hydrogens is 184 g/mol. The quantitative estimate of drug-likeness (QED) is 0.752. The summed E-state index contributed by atoms with van der Waals surface area (Å²) in [6.45, 7) is 9.70. The van der Waals surface area contributed by atoms with Gasteiger partial charge >= 0.3 is 0 Å². The molecule has 0 atom stereocenters. The van der Waals surface area contributed by atoms with Gasteiger partial charge in [0.25, 0.3) is 0 Å². The topological polar surface area (TPSA) is 16.1 Å². The largest absolute Gasteiger partial charge is 0.298 e. The lowest BCUT2D eigenvalue weighted by atomic mass is 10.1. The van der Waals surface area contributed by atoms with Crippen molar-refractivity contribution in [3.8, 4) is 0 Å². The average Bonchev–Trinajstić information content (AvgIpc) is 2.18. The minimum Gasteiger partial charge on any atom is -0.298 e. The summed E-state index contributed by atoms with van der Waals surface area (Å²) in [6, 6.07) is 4.88. The number of hydrogen-bond donors (Lipinski definition) is 0. The first-order valence-electron chi connectivity index (χ1n) is 5.65. The first kappa shape index (κ1) is 12.2. The summed E-state index contributed by atoms with van der Waals surface area (Å²) < 4.78 is 0. The highest BCUT2D eigenvalue weighted by Gasteiger charge is 2.05. The van der Waals surface area contributed by atoms with E-state index in [9.17, 15) is 0 Å². The van der Waals surface area contributed by atoms with Gasteiger partial charge in [-0.1, -0.05) is 19.9 Å². The van der Waals surface area contributed by atoms with Gasteiger partial charge in [0.1, 0.15) is 0 Å². The summed E-state index contributed by atoms with van der Waals surface area (Å²) in [4.78, 5) is 6.77. The summed E-state index contributed by atoms with van der Waals surface area (Å²) >= 11 is 0. The van der Waals surface area contributed by atoms with Crippen LogP contribution < -0.4 is 0 Å². The molecule has 1 rings (SSSR count). The number of pyridine rings is 1. The third kappa shape index (κ3) is 3.63. The summed E-state index contributed by atoms with van der Waals surface area (Å²) in [6.07, 6.45) is 1.99. The fourth-order valence-electron chi connectivity index (χ4n) is 1.31. The molecule has 0 aliphatic rings. The third-order valence-corrected chi connectivity index (χ3v) is 2.81. The first-order chi connectivity index (χ1) is 7.00. The second-order valence-corrected chi connectivity index (χ2v) is 4.75. The molecule has 15 heavy (non-hydrogen) atoms. The third-order valence-electron chi connectivity index (χ3n) is 2.81. The molecule has 0 aliphatic heterocycles. The van der Waals surface area contributed by atoms with Gasteiger partial charge in [0.2, 0.25) is 0 Å². The molecule has 0 bridgehead atoms. The molecule has 1 heterocycles. The molecule has 0 spiro atoms. The average molecular weight is 206 g/mol. The van der Waals surface area contributed by atoms with Crippen molar-refractivity contribution >= 4 is 0 Å². The number of aromatic nitrogens is 1. The van der Waals surface area contributed by atoms with Crippen LogP contribution in [-0.4, -0.2) is 23.0 Å². The van der Waals surface area contributed by atoms with Gasteiger partial charge < -0.3 is 0 Å². The Balaban J connectivity index is 2.64. The van der Waals surface area contributed by atoms with E-state index in [0.717, 1.165) is 12.2 Å². The van der Waals surface area contributed by atoms with E-state index in [1.807, 2.05) is 6.20 Å². The van der Waals surface area contributed by atoms with Crippen molar-refractivity contribution in [3.63, 3.8) is 0 Å². The van der Waals surface area contributed by atoms with E-state index in [-0.39, 0.29) is 0 Å². The Morgan fingerprint density at radius 1 is 1.20 bits per heavy atom. The molecule has 0 saturated carbocycles. The van der Waals surface area contributed by atoms with Crippen molar-refractivity contribution < 1.29 is 0 Å².